The van der Waals surface area contributed by atoms with E-state index in [0.717, 1.165) is 51.4 Å². The molecule has 7 nitrogen and oxygen atoms in total. The highest BCUT2D eigenvalue weighted by molar-refractivity contribution is 5.79. The third-order valence-corrected chi connectivity index (χ3v) is 5.12. The first-order valence-corrected chi connectivity index (χ1v) is 9.04. The van der Waals surface area contributed by atoms with Crippen LogP contribution in [0.1, 0.15) is 18.6 Å². The van der Waals surface area contributed by atoms with Gasteiger partial charge in [0.25, 0.3) is 0 Å². The summed E-state index contributed by atoms with van der Waals surface area (Å²) in [6.07, 6.45) is -1.38. The Kier molecular flexibility index (Phi) is 7.88. The Morgan fingerprint density at radius 2 is 2.07 bits per heavy atom. The van der Waals surface area contributed by atoms with Gasteiger partial charge in [-0.2, -0.15) is 13.2 Å². The van der Waals surface area contributed by atoms with E-state index in [1.165, 1.54) is 0 Å². The standard InChI is InChI=1S/C16H24N2O3.C2HF3O2/c1-20-11-12-9-17-16(19)15-5-7-18(6-4-14(12)15)10-13-3-2-8-21-13;3-2(4,5)1(6)7/h2-3,8,12,14-15H,4-7,9-11H2,1H3,(H,17,19);(H,6,7)/t12-,14-,15-;/m1./s1. The molecule has 2 saturated heterocycles. The molecule has 3 atom stereocenters. The first kappa shape index (κ1) is 22.2. The van der Waals surface area contributed by atoms with Crippen molar-refractivity contribution in [2.45, 2.75) is 25.6 Å². The number of rotatable bonds is 4. The van der Waals surface area contributed by atoms with Crippen molar-refractivity contribution in [3.63, 3.8) is 0 Å². The van der Waals surface area contributed by atoms with E-state index >= 15 is 0 Å². The fraction of sp³-hybridized carbons (Fsp3) is 0.667. The SMILES string of the molecule is COC[C@H]1CNC(=O)[C@@H]2CCN(Cc3ccco3)CC[C@H]12.O=C(O)C(F)(F)F. The maximum Gasteiger partial charge on any atom is 0.490 e. The second-order valence-electron chi connectivity index (χ2n) is 6.97. The third-order valence-electron chi connectivity index (χ3n) is 5.12. The Morgan fingerprint density at radius 1 is 1.39 bits per heavy atom. The van der Waals surface area contributed by atoms with Gasteiger partial charge in [-0.1, -0.05) is 0 Å². The number of carbonyl (C=O) groups is 2. The molecule has 0 unspecified atom stereocenters. The molecule has 0 saturated carbocycles. The average molecular weight is 406 g/mol. The highest BCUT2D eigenvalue weighted by Gasteiger charge is 2.40. The Labute approximate surface area is 160 Å². The highest BCUT2D eigenvalue weighted by Crippen LogP contribution is 2.34. The number of amides is 1. The predicted octanol–water partition coefficient (Wildman–Crippen LogP) is 2.13. The van der Waals surface area contributed by atoms with Gasteiger partial charge in [0.15, 0.2) is 0 Å². The number of halogens is 3. The van der Waals surface area contributed by atoms with E-state index in [1.807, 2.05) is 12.1 Å². The van der Waals surface area contributed by atoms with Crippen LogP contribution in [-0.2, 0) is 20.9 Å². The summed E-state index contributed by atoms with van der Waals surface area (Å²) in [7, 11) is 1.74. The second-order valence-corrected chi connectivity index (χ2v) is 6.97. The number of aliphatic carboxylic acids is 1. The lowest BCUT2D eigenvalue weighted by molar-refractivity contribution is -0.192. The molecule has 0 aliphatic carbocycles. The number of piperidine rings is 1. The van der Waals surface area contributed by atoms with Gasteiger partial charge in [0, 0.05) is 25.5 Å². The van der Waals surface area contributed by atoms with Crippen LogP contribution in [0.5, 0.6) is 0 Å². The lowest BCUT2D eigenvalue weighted by Gasteiger charge is -2.36. The zero-order chi connectivity index (χ0) is 20.7. The quantitative estimate of drug-likeness (QED) is 0.796. The maximum atomic E-state index is 12.2. The lowest BCUT2D eigenvalue weighted by atomic mass is 9.75. The molecule has 0 aromatic carbocycles. The summed E-state index contributed by atoms with van der Waals surface area (Å²) in [5, 5.41) is 10.2. The molecule has 10 heteroatoms. The number of methoxy groups -OCH3 is 1. The van der Waals surface area contributed by atoms with Crippen molar-refractivity contribution in [1.29, 1.82) is 0 Å². The third kappa shape index (κ3) is 6.23. The van der Waals surface area contributed by atoms with E-state index in [-0.39, 0.29) is 11.8 Å². The van der Waals surface area contributed by atoms with E-state index in [1.54, 1.807) is 13.4 Å². The number of carboxylic acid groups (broad SMARTS) is 1. The summed E-state index contributed by atoms with van der Waals surface area (Å²) in [5.74, 6) is -0.500. The molecule has 0 spiro atoms. The minimum absolute atomic E-state index is 0.139. The van der Waals surface area contributed by atoms with Crippen molar-refractivity contribution < 1.29 is 37.0 Å². The van der Waals surface area contributed by atoms with Gasteiger partial charge < -0.3 is 19.6 Å². The van der Waals surface area contributed by atoms with Crippen molar-refractivity contribution in [3.05, 3.63) is 24.2 Å². The van der Waals surface area contributed by atoms with Gasteiger partial charge >= 0.3 is 12.1 Å². The molecule has 158 valence electrons. The molecular formula is C18H25F3N2O5. The molecule has 1 aromatic rings. The van der Waals surface area contributed by atoms with Gasteiger partial charge in [0.05, 0.1) is 19.4 Å². The number of carbonyl (C=O) groups excluding carboxylic acids is 1. The number of hydrogen-bond donors (Lipinski definition) is 2. The zero-order valence-corrected chi connectivity index (χ0v) is 15.6. The van der Waals surface area contributed by atoms with Gasteiger partial charge in [-0.3, -0.25) is 9.69 Å². The van der Waals surface area contributed by atoms with Gasteiger partial charge in [-0.15, -0.1) is 0 Å². The number of ether oxygens (including phenoxy) is 1. The second kappa shape index (κ2) is 9.92. The summed E-state index contributed by atoms with van der Waals surface area (Å²) in [5.41, 5.74) is 0. The van der Waals surface area contributed by atoms with Crippen molar-refractivity contribution in [1.82, 2.24) is 10.2 Å². The van der Waals surface area contributed by atoms with E-state index in [9.17, 15) is 18.0 Å². The molecular weight excluding hydrogens is 381 g/mol. The minimum atomic E-state index is -5.08. The maximum absolute atomic E-state index is 12.2. The first-order chi connectivity index (χ1) is 13.2. The molecule has 3 heterocycles. The van der Waals surface area contributed by atoms with Crippen molar-refractivity contribution >= 4 is 11.9 Å². The van der Waals surface area contributed by atoms with Crippen molar-refractivity contribution in [2.75, 3.05) is 33.4 Å². The molecule has 2 fully saturated rings. The first-order valence-electron chi connectivity index (χ1n) is 9.04. The van der Waals surface area contributed by atoms with E-state index < -0.39 is 12.1 Å². The normalized spacial score (nSPS) is 25.7. The smallest absolute Gasteiger partial charge is 0.475 e. The summed E-state index contributed by atoms with van der Waals surface area (Å²) in [4.78, 5) is 23.5. The number of nitrogens with zero attached hydrogens (tertiary/aromatic N) is 1. The highest BCUT2D eigenvalue weighted by atomic mass is 19.4. The van der Waals surface area contributed by atoms with Crippen LogP contribution in [0.3, 0.4) is 0 Å². The van der Waals surface area contributed by atoms with Crippen molar-refractivity contribution in [3.8, 4) is 0 Å². The molecule has 28 heavy (non-hydrogen) atoms. The number of alkyl halides is 3. The summed E-state index contributed by atoms with van der Waals surface area (Å²) in [6, 6.07) is 3.94. The van der Waals surface area contributed by atoms with Crippen LogP contribution in [0.2, 0.25) is 0 Å². The van der Waals surface area contributed by atoms with Gasteiger partial charge in [0.2, 0.25) is 5.91 Å². The number of furan rings is 1. The zero-order valence-electron chi connectivity index (χ0n) is 15.6. The van der Waals surface area contributed by atoms with Gasteiger partial charge in [-0.25, -0.2) is 4.79 Å². The summed E-state index contributed by atoms with van der Waals surface area (Å²) < 4.78 is 42.5. The lowest BCUT2D eigenvalue weighted by Crippen LogP contribution is -2.49. The largest absolute Gasteiger partial charge is 0.490 e. The van der Waals surface area contributed by atoms with E-state index in [4.69, 9.17) is 19.1 Å². The topological polar surface area (TPSA) is 92.0 Å². The van der Waals surface area contributed by atoms with Gasteiger partial charge in [0.1, 0.15) is 5.76 Å². The van der Waals surface area contributed by atoms with E-state index in [0.29, 0.717) is 11.8 Å². The molecule has 0 bridgehead atoms. The fourth-order valence-corrected chi connectivity index (χ4v) is 3.76. The molecule has 2 N–H and O–H groups in total. The molecule has 0 radical (unpaired) electrons. The van der Waals surface area contributed by atoms with Crippen LogP contribution >= 0.6 is 0 Å². The Hall–Kier alpha value is -2.07. The Bertz CT molecular complexity index is 636. The molecule has 3 rings (SSSR count). The summed E-state index contributed by atoms with van der Waals surface area (Å²) in [6.45, 7) is 4.30. The Morgan fingerprint density at radius 3 is 2.64 bits per heavy atom. The van der Waals surface area contributed by atoms with Crippen LogP contribution < -0.4 is 5.32 Å². The van der Waals surface area contributed by atoms with Crippen LogP contribution in [0, 0.1) is 17.8 Å². The Balaban J connectivity index is 0.000000345. The van der Waals surface area contributed by atoms with Gasteiger partial charge in [-0.05, 0) is 44.0 Å². The minimum Gasteiger partial charge on any atom is -0.475 e. The number of likely N-dealkylation sites (tertiary alicyclic amines) is 1. The molecule has 2 aliphatic heterocycles. The number of fused-ring (bicyclic) bond motifs is 1. The number of hydrogen-bond acceptors (Lipinski definition) is 5. The average Bonchev–Trinajstić information content (AvgIpc) is 3.03. The summed E-state index contributed by atoms with van der Waals surface area (Å²) >= 11 is 0. The van der Waals surface area contributed by atoms with Crippen LogP contribution in [0.15, 0.2) is 22.8 Å². The fourth-order valence-electron chi connectivity index (χ4n) is 3.76. The number of nitrogens with one attached hydrogen (secondary N) is 1. The van der Waals surface area contributed by atoms with Crippen LogP contribution in [0.25, 0.3) is 0 Å². The van der Waals surface area contributed by atoms with Crippen LogP contribution in [-0.4, -0.2) is 61.4 Å². The van der Waals surface area contributed by atoms with Crippen molar-refractivity contribution in [2.24, 2.45) is 17.8 Å². The predicted molar refractivity (Wildman–Crippen MR) is 92.3 cm³/mol. The number of carboxylic acids is 1. The monoisotopic (exact) mass is 406 g/mol. The molecule has 1 amide bonds. The molecule has 2 aliphatic rings. The molecule has 1 aromatic heterocycles. The van der Waals surface area contributed by atoms with E-state index in [2.05, 4.69) is 10.2 Å². The van der Waals surface area contributed by atoms with Crippen LogP contribution in [0.4, 0.5) is 13.2 Å².